The predicted molar refractivity (Wildman–Crippen MR) is 91.6 cm³/mol. The lowest BCUT2D eigenvalue weighted by Gasteiger charge is -2.35. The molecule has 1 fully saturated rings. The first-order chi connectivity index (χ1) is 11.1. The number of amides is 2. The van der Waals surface area contributed by atoms with Gasteiger partial charge in [0.2, 0.25) is 5.91 Å². The molecule has 122 valence electrons. The van der Waals surface area contributed by atoms with Crippen LogP contribution in [-0.4, -0.2) is 69.5 Å². The maximum absolute atomic E-state index is 12.7. The van der Waals surface area contributed by atoms with Crippen LogP contribution in [0.15, 0.2) is 24.3 Å². The summed E-state index contributed by atoms with van der Waals surface area (Å²) < 4.78 is 0. The van der Waals surface area contributed by atoms with Gasteiger partial charge in [0.05, 0.1) is 10.8 Å². The molecule has 6 nitrogen and oxygen atoms in total. The van der Waals surface area contributed by atoms with Gasteiger partial charge in [-0.1, -0.05) is 18.2 Å². The van der Waals surface area contributed by atoms with Crippen molar-refractivity contribution < 1.29 is 9.59 Å². The number of nitrogens with one attached hydrogen (secondary N) is 1. The first-order valence-electron chi connectivity index (χ1n) is 7.65. The van der Waals surface area contributed by atoms with E-state index < -0.39 is 0 Å². The van der Waals surface area contributed by atoms with E-state index in [1.807, 2.05) is 42.3 Å². The molecule has 7 heteroatoms. The Bertz CT molecular complexity index is 722. The van der Waals surface area contributed by atoms with Gasteiger partial charge < -0.3 is 9.80 Å². The van der Waals surface area contributed by atoms with Gasteiger partial charge in [-0.3, -0.25) is 14.7 Å². The van der Waals surface area contributed by atoms with E-state index in [4.69, 9.17) is 0 Å². The molecular weight excluding hydrogens is 312 g/mol. The third kappa shape index (κ3) is 3.06. The number of aromatic nitrogens is 2. The summed E-state index contributed by atoms with van der Waals surface area (Å²) >= 11 is 1.55. The summed E-state index contributed by atoms with van der Waals surface area (Å²) in [5.74, 6) is 0.0716. The van der Waals surface area contributed by atoms with Crippen LogP contribution in [0.25, 0.3) is 10.9 Å². The highest BCUT2D eigenvalue weighted by atomic mass is 32.2. The number of benzene rings is 1. The fraction of sp³-hybridized carbons (Fsp3) is 0.438. The molecule has 0 saturated carbocycles. The van der Waals surface area contributed by atoms with Crippen molar-refractivity contribution in [2.45, 2.75) is 12.2 Å². The first-order valence-corrected chi connectivity index (χ1v) is 8.94. The molecular formula is C16H20N4O2S. The molecule has 0 radical (unpaired) electrons. The van der Waals surface area contributed by atoms with Gasteiger partial charge in [-0.2, -0.15) is 16.9 Å². The van der Waals surface area contributed by atoms with E-state index in [0.717, 1.165) is 10.9 Å². The minimum Gasteiger partial charge on any atom is -0.338 e. The van der Waals surface area contributed by atoms with Crippen molar-refractivity contribution >= 4 is 34.5 Å². The van der Waals surface area contributed by atoms with E-state index in [2.05, 4.69) is 10.2 Å². The van der Waals surface area contributed by atoms with E-state index in [9.17, 15) is 9.59 Å². The number of thioether (sulfide) groups is 1. The van der Waals surface area contributed by atoms with E-state index in [0.29, 0.717) is 31.9 Å². The highest BCUT2D eigenvalue weighted by molar-refractivity contribution is 7.99. The molecule has 0 spiro atoms. The number of hydrogen-bond donors (Lipinski definition) is 1. The SMILES string of the molecule is CS[C@H](C)C(=O)N1CCN(C(=O)c2n[nH]c3ccccc23)CC1. The summed E-state index contributed by atoms with van der Waals surface area (Å²) in [4.78, 5) is 28.5. The van der Waals surface area contributed by atoms with Gasteiger partial charge in [0.25, 0.3) is 5.91 Å². The van der Waals surface area contributed by atoms with Crippen LogP contribution in [0.1, 0.15) is 17.4 Å². The summed E-state index contributed by atoms with van der Waals surface area (Å²) in [6.07, 6.45) is 1.94. The fourth-order valence-electron chi connectivity index (χ4n) is 2.76. The van der Waals surface area contributed by atoms with Gasteiger partial charge >= 0.3 is 0 Å². The maximum atomic E-state index is 12.7. The van der Waals surface area contributed by atoms with Crippen LogP contribution < -0.4 is 0 Å². The number of para-hydroxylation sites is 1. The zero-order valence-corrected chi connectivity index (χ0v) is 14.1. The second-order valence-electron chi connectivity index (χ2n) is 5.61. The average Bonchev–Trinajstić information content (AvgIpc) is 3.04. The molecule has 2 aromatic rings. The monoisotopic (exact) mass is 332 g/mol. The maximum Gasteiger partial charge on any atom is 0.275 e. The summed E-state index contributed by atoms with van der Waals surface area (Å²) in [6, 6.07) is 7.60. The lowest BCUT2D eigenvalue weighted by atomic mass is 10.2. The Labute approximate surface area is 139 Å². The fourth-order valence-corrected chi connectivity index (χ4v) is 3.11. The number of hydrogen-bond acceptors (Lipinski definition) is 4. The second-order valence-corrected chi connectivity index (χ2v) is 6.79. The summed E-state index contributed by atoms with van der Waals surface area (Å²) in [7, 11) is 0. The highest BCUT2D eigenvalue weighted by Gasteiger charge is 2.28. The van der Waals surface area contributed by atoms with E-state index in [1.54, 1.807) is 16.7 Å². The molecule has 3 rings (SSSR count). The van der Waals surface area contributed by atoms with Crippen molar-refractivity contribution in [1.29, 1.82) is 0 Å². The standard InChI is InChI=1S/C16H20N4O2S/c1-11(23-2)15(21)19-7-9-20(10-8-19)16(22)14-12-5-3-4-6-13(12)17-18-14/h3-6,11H,7-10H2,1-2H3,(H,17,18)/t11-/m1/s1. The van der Waals surface area contributed by atoms with Crippen LogP contribution in [0.2, 0.25) is 0 Å². The molecule has 1 aromatic carbocycles. The molecule has 0 aliphatic carbocycles. The third-order valence-corrected chi connectivity index (χ3v) is 5.16. The van der Waals surface area contributed by atoms with Crippen molar-refractivity contribution in [3.63, 3.8) is 0 Å². The quantitative estimate of drug-likeness (QED) is 0.927. The normalized spacial score (nSPS) is 16.6. The number of carbonyl (C=O) groups is 2. The zero-order valence-electron chi connectivity index (χ0n) is 13.3. The number of rotatable bonds is 3. The topological polar surface area (TPSA) is 69.3 Å². The Morgan fingerprint density at radius 3 is 2.52 bits per heavy atom. The number of aromatic amines is 1. The van der Waals surface area contributed by atoms with Gasteiger partial charge in [-0.05, 0) is 19.2 Å². The van der Waals surface area contributed by atoms with Gasteiger partial charge in [0, 0.05) is 31.6 Å². The van der Waals surface area contributed by atoms with Crippen LogP contribution in [0.3, 0.4) is 0 Å². The molecule has 1 saturated heterocycles. The number of H-pyrrole nitrogens is 1. The van der Waals surface area contributed by atoms with Gasteiger partial charge in [0.15, 0.2) is 5.69 Å². The van der Waals surface area contributed by atoms with Crippen molar-refractivity contribution in [2.24, 2.45) is 0 Å². The van der Waals surface area contributed by atoms with Crippen LogP contribution in [0.5, 0.6) is 0 Å². The van der Waals surface area contributed by atoms with Crippen molar-refractivity contribution in [3.05, 3.63) is 30.0 Å². The zero-order chi connectivity index (χ0) is 16.4. The van der Waals surface area contributed by atoms with Crippen molar-refractivity contribution in [3.8, 4) is 0 Å². The lowest BCUT2D eigenvalue weighted by molar-refractivity contribution is -0.131. The van der Waals surface area contributed by atoms with Gasteiger partial charge in [-0.25, -0.2) is 0 Å². The predicted octanol–water partition coefficient (Wildman–Crippen LogP) is 1.60. The molecule has 1 atom stereocenters. The van der Waals surface area contributed by atoms with Gasteiger partial charge in [-0.15, -0.1) is 0 Å². The smallest absolute Gasteiger partial charge is 0.275 e. The Hall–Kier alpha value is -2.02. The van der Waals surface area contributed by atoms with Crippen LogP contribution >= 0.6 is 11.8 Å². The highest BCUT2D eigenvalue weighted by Crippen LogP contribution is 2.18. The average molecular weight is 332 g/mol. The lowest BCUT2D eigenvalue weighted by Crippen LogP contribution is -2.52. The molecule has 1 aromatic heterocycles. The Kier molecular flexibility index (Phi) is 4.56. The van der Waals surface area contributed by atoms with Crippen molar-refractivity contribution in [1.82, 2.24) is 20.0 Å². The molecule has 0 unspecified atom stereocenters. The van der Waals surface area contributed by atoms with Crippen LogP contribution in [0, 0.1) is 0 Å². The molecule has 2 heterocycles. The van der Waals surface area contributed by atoms with E-state index >= 15 is 0 Å². The largest absolute Gasteiger partial charge is 0.338 e. The summed E-state index contributed by atoms with van der Waals surface area (Å²) in [5, 5.41) is 7.86. The van der Waals surface area contributed by atoms with Crippen LogP contribution in [-0.2, 0) is 4.79 Å². The van der Waals surface area contributed by atoms with Crippen LogP contribution in [0.4, 0.5) is 0 Å². The molecule has 23 heavy (non-hydrogen) atoms. The molecule has 1 N–H and O–H groups in total. The molecule has 0 bridgehead atoms. The number of nitrogens with zero attached hydrogens (tertiary/aromatic N) is 3. The summed E-state index contributed by atoms with van der Waals surface area (Å²) in [6.45, 7) is 4.18. The minimum absolute atomic E-state index is 0.0347. The molecule has 1 aliphatic rings. The Morgan fingerprint density at radius 2 is 1.83 bits per heavy atom. The second kappa shape index (κ2) is 6.62. The Balaban J connectivity index is 1.68. The first kappa shape index (κ1) is 15.9. The molecule has 2 amide bonds. The third-order valence-electron chi connectivity index (χ3n) is 4.25. The number of piperazine rings is 1. The van der Waals surface area contributed by atoms with E-state index in [1.165, 1.54) is 0 Å². The number of fused-ring (bicyclic) bond motifs is 1. The molecule has 1 aliphatic heterocycles. The summed E-state index contributed by atoms with van der Waals surface area (Å²) in [5.41, 5.74) is 1.32. The Morgan fingerprint density at radius 1 is 1.17 bits per heavy atom. The van der Waals surface area contributed by atoms with Gasteiger partial charge in [0.1, 0.15) is 0 Å². The van der Waals surface area contributed by atoms with Crippen molar-refractivity contribution in [2.75, 3.05) is 32.4 Å². The number of carbonyl (C=O) groups excluding carboxylic acids is 2. The van der Waals surface area contributed by atoms with E-state index in [-0.39, 0.29) is 17.1 Å². The minimum atomic E-state index is -0.0764.